The molecule has 0 spiro atoms. The zero-order chi connectivity index (χ0) is 14.0. The Morgan fingerprint density at radius 2 is 2.00 bits per heavy atom. The van der Waals surface area contributed by atoms with Gasteiger partial charge in [0.2, 0.25) is 0 Å². The molecule has 6 heteroatoms. The maximum absolute atomic E-state index is 12.9. The first-order valence-electron chi connectivity index (χ1n) is 5.32. The number of carboxylic acid groups (broad SMARTS) is 1. The maximum Gasteiger partial charge on any atom is 0.337 e. The van der Waals surface area contributed by atoms with Gasteiger partial charge in [0.1, 0.15) is 5.82 Å². The molecule has 0 aliphatic carbocycles. The van der Waals surface area contributed by atoms with Crippen molar-refractivity contribution in [1.82, 2.24) is 0 Å². The Morgan fingerprint density at radius 3 is 2.58 bits per heavy atom. The lowest BCUT2D eigenvalue weighted by atomic mass is 10.1. The van der Waals surface area contributed by atoms with Crippen LogP contribution in [-0.2, 0) is 0 Å². The van der Waals surface area contributed by atoms with E-state index in [1.165, 1.54) is 24.3 Å². The number of hydrogen-bond donors (Lipinski definition) is 3. The van der Waals surface area contributed by atoms with Crippen LogP contribution in [0.4, 0.5) is 21.5 Å². The molecular formula is C13H10BrFN2O2. The molecule has 0 aliphatic heterocycles. The van der Waals surface area contributed by atoms with Crippen molar-refractivity contribution in [2.24, 2.45) is 0 Å². The zero-order valence-electron chi connectivity index (χ0n) is 9.65. The largest absolute Gasteiger partial charge is 0.478 e. The highest BCUT2D eigenvalue weighted by atomic mass is 79.9. The van der Waals surface area contributed by atoms with Gasteiger partial charge >= 0.3 is 5.97 Å². The van der Waals surface area contributed by atoms with Gasteiger partial charge in [-0.15, -0.1) is 0 Å². The van der Waals surface area contributed by atoms with E-state index in [1.54, 1.807) is 12.1 Å². The second-order valence-electron chi connectivity index (χ2n) is 3.86. The number of benzene rings is 2. The van der Waals surface area contributed by atoms with E-state index in [9.17, 15) is 9.18 Å². The topological polar surface area (TPSA) is 75.3 Å². The van der Waals surface area contributed by atoms with E-state index >= 15 is 0 Å². The summed E-state index contributed by atoms with van der Waals surface area (Å²) in [5, 5.41) is 11.9. The Labute approximate surface area is 117 Å². The van der Waals surface area contributed by atoms with Gasteiger partial charge in [0.25, 0.3) is 0 Å². The monoisotopic (exact) mass is 324 g/mol. The molecule has 0 aliphatic rings. The molecule has 19 heavy (non-hydrogen) atoms. The van der Waals surface area contributed by atoms with Crippen LogP contribution in [0.3, 0.4) is 0 Å². The molecule has 0 aromatic heterocycles. The van der Waals surface area contributed by atoms with E-state index in [0.29, 0.717) is 15.8 Å². The molecule has 0 heterocycles. The van der Waals surface area contributed by atoms with E-state index in [-0.39, 0.29) is 17.1 Å². The summed E-state index contributed by atoms with van der Waals surface area (Å²) >= 11 is 3.23. The van der Waals surface area contributed by atoms with E-state index in [1.807, 2.05) is 0 Å². The number of halogens is 2. The normalized spacial score (nSPS) is 10.2. The highest BCUT2D eigenvalue weighted by Gasteiger charge is 2.09. The summed E-state index contributed by atoms with van der Waals surface area (Å²) in [6, 6.07) is 8.74. The van der Waals surface area contributed by atoms with Crippen LogP contribution < -0.4 is 11.1 Å². The highest BCUT2D eigenvalue weighted by molar-refractivity contribution is 9.10. The minimum Gasteiger partial charge on any atom is -0.478 e. The molecule has 0 radical (unpaired) electrons. The van der Waals surface area contributed by atoms with Crippen molar-refractivity contribution in [3.8, 4) is 0 Å². The number of rotatable bonds is 3. The van der Waals surface area contributed by atoms with Crippen molar-refractivity contribution in [1.29, 1.82) is 0 Å². The first-order valence-corrected chi connectivity index (χ1v) is 6.11. The van der Waals surface area contributed by atoms with Gasteiger partial charge in [-0.05, 0) is 52.3 Å². The van der Waals surface area contributed by atoms with Crippen LogP contribution in [0.5, 0.6) is 0 Å². The van der Waals surface area contributed by atoms with Crippen molar-refractivity contribution >= 4 is 39.0 Å². The number of nitrogen functional groups attached to an aromatic ring is 1. The molecular weight excluding hydrogens is 315 g/mol. The zero-order valence-corrected chi connectivity index (χ0v) is 11.2. The van der Waals surface area contributed by atoms with Gasteiger partial charge in [-0.2, -0.15) is 0 Å². The number of anilines is 3. The third-order valence-electron chi connectivity index (χ3n) is 2.49. The van der Waals surface area contributed by atoms with Crippen LogP contribution in [0.25, 0.3) is 0 Å². The number of nitrogens with two attached hydrogens (primary N) is 1. The number of aromatic carboxylic acids is 1. The molecule has 0 saturated carbocycles. The molecule has 0 saturated heterocycles. The fourth-order valence-corrected chi connectivity index (χ4v) is 2.03. The van der Waals surface area contributed by atoms with Gasteiger partial charge in [-0.1, -0.05) is 0 Å². The summed E-state index contributed by atoms with van der Waals surface area (Å²) in [6.07, 6.45) is 0. The maximum atomic E-state index is 12.9. The molecule has 4 N–H and O–H groups in total. The molecule has 4 nitrogen and oxygen atoms in total. The van der Waals surface area contributed by atoms with E-state index < -0.39 is 5.97 Å². The molecule has 0 bridgehead atoms. The van der Waals surface area contributed by atoms with Crippen molar-refractivity contribution in [2.75, 3.05) is 11.1 Å². The molecule has 0 atom stereocenters. The minimum absolute atomic E-state index is 0.0451. The van der Waals surface area contributed by atoms with E-state index in [0.717, 1.165) is 0 Å². The second-order valence-corrected chi connectivity index (χ2v) is 4.71. The Morgan fingerprint density at radius 1 is 1.26 bits per heavy atom. The molecule has 2 rings (SSSR count). The molecule has 2 aromatic rings. The fourth-order valence-electron chi connectivity index (χ4n) is 1.58. The van der Waals surface area contributed by atoms with Gasteiger partial charge < -0.3 is 16.2 Å². The van der Waals surface area contributed by atoms with Crippen molar-refractivity contribution < 1.29 is 14.3 Å². The predicted octanol–water partition coefficient (Wildman–Crippen LogP) is 3.61. The van der Waals surface area contributed by atoms with Gasteiger partial charge in [0.05, 0.1) is 11.3 Å². The van der Waals surface area contributed by atoms with E-state index in [2.05, 4.69) is 21.2 Å². The summed E-state index contributed by atoms with van der Waals surface area (Å²) in [7, 11) is 0. The molecule has 0 unspecified atom stereocenters. The van der Waals surface area contributed by atoms with Gasteiger partial charge in [-0.3, -0.25) is 0 Å². The van der Waals surface area contributed by atoms with Crippen molar-refractivity contribution in [3.63, 3.8) is 0 Å². The number of hydrogen-bond acceptors (Lipinski definition) is 3. The summed E-state index contributed by atoms with van der Waals surface area (Å²) in [6.45, 7) is 0. The summed E-state index contributed by atoms with van der Waals surface area (Å²) < 4.78 is 13.5. The van der Waals surface area contributed by atoms with Crippen molar-refractivity contribution in [3.05, 3.63) is 52.3 Å². The van der Waals surface area contributed by atoms with Crippen LogP contribution in [0.15, 0.2) is 40.9 Å². The summed E-state index contributed by atoms with van der Waals surface area (Å²) in [5.74, 6) is -1.43. The third-order valence-corrected chi connectivity index (χ3v) is 3.15. The van der Waals surface area contributed by atoms with Crippen molar-refractivity contribution in [2.45, 2.75) is 0 Å². The van der Waals surface area contributed by atoms with Crippen LogP contribution in [0.2, 0.25) is 0 Å². The van der Waals surface area contributed by atoms with Gasteiger partial charge in [0.15, 0.2) is 0 Å². The molecule has 2 aromatic carbocycles. The number of carboxylic acids is 1. The quantitative estimate of drug-likeness (QED) is 0.754. The predicted molar refractivity (Wildman–Crippen MR) is 75.2 cm³/mol. The SMILES string of the molecule is Nc1cc(Nc2ccc(F)cc2Br)ccc1C(=O)O. The Bertz CT molecular complexity index is 647. The Balaban J connectivity index is 2.29. The van der Waals surface area contributed by atoms with Crippen LogP contribution in [-0.4, -0.2) is 11.1 Å². The van der Waals surface area contributed by atoms with Crippen LogP contribution >= 0.6 is 15.9 Å². The summed E-state index contributed by atoms with van der Waals surface area (Å²) in [5.41, 5.74) is 7.13. The highest BCUT2D eigenvalue weighted by Crippen LogP contribution is 2.28. The second kappa shape index (κ2) is 5.27. The molecule has 98 valence electrons. The lowest BCUT2D eigenvalue weighted by Crippen LogP contribution is -2.03. The average Bonchev–Trinajstić information content (AvgIpc) is 2.32. The standard InChI is InChI=1S/C13H10BrFN2O2/c14-10-5-7(15)1-4-12(10)17-8-2-3-9(13(18)19)11(16)6-8/h1-6,17H,16H2,(H,18,19). The smallest absolute Gasteiger partial charge is 0.337 e. The number of carbonyl (C=O) groups is 1. The lowest BCUT2D eigenvalue weighted by Gasteiger charge is -2.10. The van der Waals surface area contributed by atoms with Crippen LogP contribution in [0.1, 0.15) is 10.4 Å². The fraction of sp³-hybridized carbons (Fsp3) is 0. The van der Waals surface area contributed by atoms with Crippen LogP contribution in [0, 0.1) is 5.82 Å². The summed E-state index contributed by atoms with van der Waals surface area (Å²) in [4.78, 5) is 10.8. The Kier molecular flexibility index (Phi) is 3.71. The van der Waals surface area contributed by atoms with E-state index in [4.69, 9.17) is 10.8 Å². The first-order chi connectivity index (χ1) is 8.97. The first kappa shape index (κ1) is 13.4. The Hall–Kier alpha value is -2.08. The molecule has 0 amide bonds. The lowest BCUT2D eigenvalue weighted by molar-refractivity contribution is 0.0698. The number of nitrogens with one attached hydrogen (secondary N) is 1. The van der Waals surface area contributed by atoms with Gasteiger partial charge in [-0.25, -0.2) is 9.18 Å². The molecule has 0 fully saturated rings. The average molecular weight is 325 g/mol. The minimum atomic E-state index is -1.08. The van der Waals surface area contributed by atoms with Gasteiger partial charge in [0, 0.05) is 15.8 Å². The third kappa shape index (κ3) is 3.03.